The highest BCUT2D eigenvalue weighted by Crippen LogP contribution is 2.16. The normalized spacial score (nSPS) is 22.6. The smallest absolute Gasteiger partial charge is 0.125 e. The summed E-state index contributed by atoms with van der Waals surface area (Å²) in [4.78, 5) is 3.48. The van der Waals surface area contributed by atoms with E-state index in [9.17, 15) is 4.39 Å². The number of likely N-dealkylation sites (N-methyl/N-ethyl adjacent to an activating group) is 1. The maximum Gasteiger partial charge on any atom is 0.125 e. The SMILES string of the molecule is [2H]C([2H])([2H])N1CCN(c2cccc(F)c2)CC1. The number of hydrogen-bond acceptors (Lipinski definition) is 2. The highest BCUT2D eigenvalue weighted by Gasteiger charge is 2.13. The summed E-state index contributed by atoms with van der Waals surface area (Å²) >= 11 is 0. The van der Waals surface area contributed by atoms with Gasteiger partial charge in [-0.1, -0.05) is 6.07 Å². The molecule has 0 radical (unpaired) electrons. The second-order valence-corrected chi connectivity index (χ2v) is 3.45. The Bertz CT molecular complexity index is 387. The van der Waals surface area contributed by atoms with Gasteiger partial charge in [-0.05, 0) is 25.2 Å². The molecule has 0 bridgehead atoms. The zero-order chi connectivity index (χ0) is 12.5. The van der Waals surface area contributed by atoms with Gasteiger partial charge in [0.15, 0.2) is 0 Å². The van der Waals surface area contributed by atoms with Crippen molar-refractivity contribution in [3.05, 3.63) is 30.1 Å². The molecule has 0 atom stereocenters. The van der Waals surface area contributed by atoms with Gasteiger partial charge in [-0.15, -0.1) is 0 Å². The van der Waals surface area contributed by atoms with Gasteiger partial charge in [-0.25, -0.2) is 4.39 Å². The van der Waals surface area contributed by atoms with E-state index in [2.05, 4.69) is 0 Å². The summed E-state index contributed by atoms with van der Waals surface area (Å²) in [5.41, 5.74) is 0.815. The van der Waals surface area contributed by atoms with Gasteiger partial charge >= 0.3 is 0 Å². The Morgan fingerprint density at radius 2 is 2.07 bits per heavy atom. The Kier molecular flexibility index (Phi) is 1.81. The average Bonchev–Trinajstić information content (AvgIpc) is 2.28. The van der Waals surface area contributed by atoms with Gasteiger partial charge in [0.25, 0.3) is 0 Å². The highest BCUT2D eigenvalue weighted by molar-refractivity contribution is 5.46. The maximum atomic E-state index is 13.1. The highest BCUT2D eigenvalue weighted by atomic mass is 19.1. The fourth-order valence-electron chi connectivity index (χ4n) is 1.64. The lowest BCUT2D eigenvalue weighted by atomic mass is 10.2. The van der Waals surface area contributed by atoms with Crippen LogP contribution in [0.3, 0.4) is 0 Å². The Morgan fingerprint density at radius 1 is 1.29 bits per heavy atom. The molecule has 0 amide bonds. The van der Waals surface area contributed by atoms with E-state index in [1.807, 2.05) is 11.0 Å². The summed E-state index contributed by atoms with van der Waals surface area (Å²) in [5, 5.41) is 0. The largest absolute Gasteiger partial charge is 0.369 e. The van der Waals surface area contributed by atoms with E-state index in [1.165, 1.54) is 17.0 Å². The molecule has 0 unspecified atom stereocenters. The number of halogens is 1. The molecule has 0 N–H and O–H groups in total. The Morgan fingerprint density at radius 3 is 2.71 bits per heavy atom. The number of hydrogen-bond donors (Lipinski definition) is 0. The molecule has 1 fully saturated rings. The molecular weight excluding hydrogens is 179 g/mol. The van der Waals surface area contributed by atoms with Crippen LogP contribution < -0.4 is 4.90 Å². The van der Waals surface area contributed by atoms with E-state index < -0.39 is 6.98 Å². The van der Waals surface area contributed by atoms with Crippen LogP contribution in [0.2, 0.25) is 0 Å². The van der Waals surface area contributed by atoms with Crippen molar-refractivity contribution in [2.45, 2.75) is 0 Å². The molecule has 3 heteroatoms. The topological polar surface area (TPSA) is 6.48 Å². The van der Waals surface area contributed by atoms with Gasteiger partial charge in [-0.3, -0.25) is 0 Å². The van der Waals surface area contributed by atoms with Crippen LogP contribution >= 0.6 is 0 Å². The third kappa shape index (κ3) is 2.04. The summed E-state index contributed by atoms with van der Waals surface area (Å²) in [5.74, 6) is -0.263. The number of rotatable bonds is 1. The van der Waals surface area contributed by atoms with Gasteiger partial charge in [0, 0.05) is 36.0 Å². The molecule has 1 saturated heterocycles. The molecule has 1 aromatic rings. The Hall–Kier alpha value is -1.09. The second kappa shape index (κ2) is 3.96. The first kappa shape index (κ1) is 6.40. The van der Waals surface area contributed by atoms with Crippen molar-refractivity contribution in [2.24, 2.45) is 0 Å². The second-order valence-electron chi connectivity index (χ2n) is 3.45. The molecule has 0 aromatic heterocycles. The molecule has 1 aliphatic rings. The van der Waals surface area contributed by atoms with Crippen molar-refractivity contribution in [1.82, 2.24) is 4.90 Å². The molecule has 14 heavy (non-hydrogen) atoms. The van der Waals surface area contributed by atoms with E-state index in [-0.39, 0.29) is 5.82 Å². The predicted octanol–water partition coefficient (Wildman–Crippen LogP) is 1.58. The molecule has 0 spiro atoms. The Labute approximate surface area is 88.2 Å². The van der Waals surface area contributed by atoms with Crippen LogP contribution in [0.1, 0.15) is 4.11 Å². The lowest BCUT2D eigenvalue weighted by Gasteiger charge is -2.34. The van der Waals surface area contributed by atoms with Crippen molar-refractivity contribution < 1.29 is 8.50 Å². The lowest BCUT2D eigenvalue weighted by molar-refractivity contribution is 0.313. The molecular formula is C11H15FN2. The van der Waals surface area contributed by atoms with Crippen LogP contribution in [0.25, 0.3) is 0 Å². The maximum absolute atomic E-state index is 13.1. The van der Waals surface area contributed by atoms with Gasteiger partial charge in [0.1, 0.15) is 5.82 Å². The average molecular weight is 197 g/mol. The minimum Gasteiger partial charge on any atom is -0.369 e. The van der Waals surface area contributed by atoms with Crippen LogP contribution in [-0.4, -0.2) is 38.1 Å². The molecule has 76 valence electrons. The lowest BCUT2D eigenvalue weighted by Crippen LogP contribution is -2.44. The monoisotopic (exact) mass is 197 g/mol. The molecule has 1 aliphatic heterocycles. The van der Waals surface area contributed by atoms with E-state index in [4.69, 9.17) is 4.11 Å². The number of nitrogens with zero attached hydrogens (tertiary/aromatic N) is 2. The van der Waals surface area contributed by atoms with Crippen molar-refractivity contribution in [3.63, 3.8) is 0 Å². The molecule has 2 rings (SSSR count). The van der Waals surface area contributed by atoms with E-state index in [0.717, 1.165) is 5.69 Å². The zero-order valence-corrected chi connectivity index (χ0v) is 7.91. The number of anilines is 1. The van der Waals surface area contributed by atoms with Crippen LogP contribution in [0.4, 0.5) is 10.1 Å². The fourth-order valence-corrected chi connectivity index (χ4v) is 1.64. The molecule has 0 saturated carbocycles. The molecule has 2 nitrogen and oxygen atoms in total. The van der Waals surface area contributed by atoms with Crippen molar-refractivity contribution >= 4 is 5.69 Å². The molecule has 0 aliphatic carbocycles. The van der Waals surface area contributed by atoms with Crippen LogP contribution in [-0.2, 0) is 0 Å². The van der Waals surface area contributed by atoms with Crippen molar-refractivity contribution in [1.29, 1.82) is 0 Å². The van der Waals surface area contributed by atoms with Crippen molar-refractivity contribution in [2.75, 3.05) is 38.1 Å². The predicted molar refractivity (Wildman–Crippen MR) is 56.1 cm³/mol. The first-order valence-corrected chi connectivity index (χ1v) is 4.72. The third-order valence-corrected chi connectivity index (χ3v) is 2.45. The zero-order valence-electron chi connectivity index (χ0n) is 10.9. The molecule has 1 heterocycles. The van der Waals surface area contributed by atoms with Gasteiger partial charge in [0.2, 0.25) is 0 Å². The third-order valence-electron chi connectivity index (χ3n) is 2.45. The van der Waals surface area contributed by atoms with Gasteiger partial charge in [0.05, 0.1) is 0 Å². The van der Waals surface area contributed by atoms with Gasteiger partial charge in [-0.2, -0.15) is 0 Å². The standard InChI is InChI=1S/C11H15FN2/c1-13-5-7-14(8-6-13)11-4-2-3-10(12)9-11/h2-4,9H,5-8H2,1H3/i1D3. The minimum absolute atomic E-state index is 0.263. The fraction of sp³-hybridized carbons (Fsp3) is 0.455. The van der Waals surface area contributed by atoms with Gasteiger partial charge < -0.3 is 9.80 Å². The Balaban J connectivity index is 2.00. The number of piperazine rings is 1. The quantitative estimate of drug-likeness (QED) is 0.674. The molecule has 1 aromatic carbocycles. The van der Waals surface area contributed by atoms with E-state index >= 15 is 0 Å². The van der Waals surface area contributed by atoms with E-state index in [1.54, 1.807) is 6.07 Å². The van der Waals surface area contributed by atoms with Crippen LogP contribution in [0.15, 0.2) is 24.3 Å². The minimum atomic E-state index is -2.02. The first-order chi connectivity index (χ1) is 7.97. The summed E-state index contributed by atoms with van der Waals surface area (Å²) < 4.78 is 35.0. The van der Waals surface area contributed by atoms with Crippen LogP contribution in [0, 0.1) is 5.82 Å². The first-order valence-electron chi connectivity index (χ1n) is 6.22. The van der Waals surface area contributed by atoms with Crippen LogP contribution in [0.5, 0.6) is 0 Å². The summed E-state index contributed by atoms with van der Waals surface area (Å²) in [6, 6.07) is 6.39. The summed E-state index contributed by atoms with van der Waals surface area (Å²) in [6.07, 6.45) is 0. The van der Waals surface area contributed by atoms with E-state index in [0.29, 0.717) is 26.2 Å². The summed E-state index contributed by atoms with van der Waals surface area (Å²) in [7, 11) is 0. The number of benzene rings is 1. The van der Waals surface area contributed by atoms with Crippen molar-refractivity contribution in [3.8, 4) is 0 Å². The summed E-state index contributed by atoms with van der Waals surface area (Å²) in [6.45, 7) is 0.164.